The second-order valence-corrected chi connectivity index (χ2v) is 8.69. The number of thiophene rings is 1. The molecule has 0 saturated heterocycles. The van der Waals surface area contributed by atoms with Crippen molar-refractivity contribution in [2.24, 2.45) is 5.92 Å². The highest BCUT2D eigenvalue weighted by Gasteiger charge is 2.64. The fourth-order valence-electron chi connectivity index (χ4n) is 3.59. The molecule has 0 radical (unpaired) electrons. The zero-order valence-corrected chi connectivity index (χ0v) is 18.3. The van der Waals surface area contributed by atoms with Crippen LogP contribution in [-0.4, -0.2) is 30.3 Å². The number of halogens is 3. The molecule has 0 unspecified atom stereocenters. The summed E-state index contributed by atoms with van der Waals surface area (Å²) in [6.45, 7) is 3.06. The summed E-state index contributed by atoms with van der Waals surface area (Å²) in [6.07, 6.45) is -3.27. The zero-order chi connectivity index (χ0) is 23.5. The number of anilines is 1. The lowest BCUT2D eigenvalue weighted by atomic mass is 9.88. The second kappa shape index (κ2) is 9.20. The van der Waals surface area contributed by atoms with Crippen molar-refractivity contribution in [1.82, 2.24) is 5.32 Å². The summed E-state index contributed by atoms with van der Waals surface area (Å²) >= 11 is 0.999. The number of amides is 1. The Morgan fingerprint density at radius 1 is 1.28 bits per heavy atom. The maximum absolute atomic E-state index is 14.4. The number of ether oxygens (including phenoxy) is 1. The number of carbonyl (C=O) groups is 2. The van der Waals surface area contributed by atoms with Crippen LogP contribution >= 0.6 is 11.3 Å². The van der Waals surface area contributed by atoms with Crippen molar-refractivity contribution < 1.29 is 27.5 Å². The van der Waals surface area contributed by atoms with Gasteiger partial charge in [-0.15, -0.1) is 11.3 Å². The first-order valence-electron chi connectivity index (χ1n) is 10.1. The fraction of sp³-hybridized carbons (Fsp3) is 0.409. The fourth-order valence-corrected chi connectivity index (χ4v) is 5.01. The maximum atomic E-state index is 14.4. The van der Waals surface area contributed by atoms with Gasteiger partial charge in [-0.1, -0.05) is 25.1 Å². The molecular weight excluding hydrogens is 443 g/mol. The third-order valence-electron chi connectivity index (χ3n) is 5.27. The molecule has 170 valence electrons. The van der Waals surface area contributed by atoms with Gasteiger partial charge in [0.2, 0.25) is 0 Å². The monoisotopic (exact) mass is 465 g/mol. The van der Waals surface area contributed by atoms with E-state index >= 15 is 0 Å². The Balaban J connectivity index is 2.10. The summed E-state index contributed by atoms with van der Waals surface area (Å²) in [5, 5.41) is 13.5. The van der Waals surface area contributed by atoms with Crippen LogP contribution in [0.15, 0.2) is 30.3 Å². The molecule has 10 heteroatoms. The molecule has 1 aliphatic carbocycles. The van der Waals surface area contributed by atoms with Gasteiger partial charge in [0.25, 0.3) is 5.91 Å². The molecule has 0 fully saturated rings. The van der Waals surface area contributed by atoms with Gasteiger partial charge in [-0.3, -0.25) is 4.79 Å². The van der Waals surface area contributed by atoms with Crippen molar-refractivity contribution in [1.29, 1.82) is 5.26 Å². The van der Waals surface area contributed by atoms with Gasteiger partial charge in [-0.2, -0.15) is 18.4 Å². The molecule has 1 heterocycles. The number of benzene rings is 1. The van der Waals surface area contributed by atoms with Crippen molar-refractivity contribution in [3.8, 4) is 6.07 Å². The largest absolute Gasteiger partial charge is 0.463 e. The topological polar surface area (TPSA) is 91.2 Å². The van der Waals surface area contributed by atoms with Crippen LogP contribution in [0.4, 0.5) is 18.2 Å². The number of nitriles is 1. The zero-order valence-electron chi connectivity index (χ0n) is 17.5. The number of nitrogens with one attached hydrogen (secondary N) is 2. The molecule has 1 aliphatic rings. The van der Waals surface area contributed by atoms with Gasteiger partial charge < -0.3 is 15.4 Å². The second-order valence-electron chi connectivity index (χ2n) is 7.58. The van der Waals surface area contributed by atoms with E-state index in [-0.39, 0.29) is 22.7 Å². The van der Waals surface area contributed by atoms with Gasteiger partial charge >= 0.3 is 17.8 Å². The van der Waals surface area contributed by atoms with Crippen molar-refractivity contribution >= 4 is 28.2 Å². The number of rotatable bonds is 6. The molecule has 0 bridgehead atoms. The number of fused-ring (bicyclic) bond motifs is 1. The Morgan fingerprint density at radius 3 is 2.56 bits per heavy atom. The lowest BCUT2D eigenvalue weighted by Crippen LogP contribution is -2.69. The molecule has 32 heavy (non-hydrogen) atoms. The van der Waals surface area contributed by atoms with Crippen LogP contribution < -0.4 is 10.6 Å². The van der Waals surface area contributed by atoms with E-state index in [2.05, 4.69) is 5.32 Å². The van der Waals surface area contributed by atoms with Crippen molar-refractivity contribution in [2.45, 2.75) is 44.9 Å². The molecule has 1 amide bonds. The average molecular weight is 465 g/mol. The van der Waals surface area contributed by atoms with E-state index in [4.69, 9.17) is 4.74 Å². The van der Waals surface area contributed by atoms with E-state index in [0.29, 0.717) is 24.3 Å². The van der Waals surface area contributed by atoms with E-state index < -0.39 is 23.7 Å². The SMILES string of the molecule is CCOC(=O)[C@](NC(=O)c1ccccc1)(Nc1sc2c(c1C#N)CC[C@H](C)C2)C(F)(F)F. The number of hydrogen-bond donors (Lipinski definition) is 2. The van der Waals surface area contributed by atoms with Crippen LogP contribution in [0.1, 0.15) is 46.6 Å². The first-order chi connectivity index (χ1) is 15.1. The van der Waals surface area contributed by atoms with E-state index in [1.165, 1.54) is 31.2 Å². The van der Waals surface area contributed by atoms with Crippen LogP contribution in [0, 0.1) is 17.2 Å². The van der Waals surface area contributed by atoms with E-state index in [9.17, 15) is 28.0 Å². The lowest BCUT2D eigenvalue weighted by Gasteiger charge is -2.35. The highest BCUT2D eigenvalue weighted by Crippen LogP contribution is 2.42. The Hall–Kier alpha value is -3.06. The third-order valence-corrected chi connectivity index (χ3v) is 6.44. The van der Waals surface area contributed by atoms with Crippen molar-refractivity contribution in [3.05, 3.63) is 51.9 Å². The first-order valence-corrected chi connectivity index (χ1v) is 10.9. The van der Waals surface area contributed by atoms with Gasteiger partial charge in [0.05, 0.1) is 12.2 Å². The summed E-state index contributed by atoms with van der Waals surface area (Å²) in [5.74, 6) is -2.49. The van der Waals surface area contributed by atoms with Crippen LogP contribution in [0.25, 0.3) is 0 Å². The lowest BCUT2D eigenvalue weighted by molar-refractivity contribution is -0.204. The maximum Gasteiger partial charge on any atom is 0.441 e. The van der Waals surface area contributed by atoms with Crippen LogP contribution in [0.5, 0.6) is 0 Å². The highest BCUT2D eigenvalue weighted by molar-refractivity contribution is 7.16. The highest BCUT2D eigenvalue weighted by atomic mass is 32.1. The molecule has 0 aliphatic heterocycles. The Kier molecular flexibility index (Phi) is 6.79. The van der Waals surface area contributed by atoms with Gasteiger partial charge in [0.15, 0.2) is 0 Å². The molecule has 2 aromatic rings. The first kappa shape index (κ1) is 23.6. The number of hydrogen-bond acceptors (Lipinski definition) is 6. The summed E-state index contributed by atoms with van der Waals surface area (Å²) in [5.41, 5.74) is -2.89. The summed E-state index contributed by atoms with van der Waals surface area (Å²) in [7, 11) is 0. The predicted octanol–water partition coefficient (Wildman–Crippen LogP) is 4.41. The minimum absolute atomic E-state index is 0.0591. The smallest absolute Gasteiger partial charge is 0.441 e. The molecule has 0 saturated carbocycles. The predicted molar refractivity (Wildman–Crippen MR) is 113 cm³/mol. The summed E-state index contributed by atoms with van der Waals surface area (Å²) in [4.78, 5) is 26.2. The van der Waals surface area contributed by atoms with Crippen molar-refractivity contribution in [2.75, 3.05) is 11.9 Å². The van der Waals surface area contributed by atoms with Crippen LogP contribution in [-0.2, 0) is 22.4 Å². The van der Waals surface area contributed by atoms with Crippen molar-refractivity contribution in [3.63, 3.8) is 0 Å². The van der Waals surface area contributed by atoms with Gasteiger partial charge in [0.1, 0.15) is 11.1 Å². The van der Waals surface area contributed by atoms with Crippen LogP contribution in [0.3, 0.4) is 0 Å². The number of esters is 1. The van der Waals surface area contributed by atoms with Gasteiger partial charge in [0, 0.05) is 10.4 Å². The van der Waals surface area contributed by atoms with E-state index in [1.807, 2.05) is 18.3 Å². The third kappa shape index (κ3) is 4.43. The Morgan fingerprint density at radius 2 is 1.97 bits per heavy atom. The Labute approximate surface area is 187 Å². The molecule has 3 rings (SSSR count). The molecule has 0 spiro atoms. The van der Waals surface area contributed by atoms with Crippen LogP contribution in [0.2, 0.25) is 0 Å². The number of nitrogens with zero attached hydrogens (tertiary/aromatic N) is 1. The summed E-state index contributed by atoms with van der Waals surface area (Å²) < 4.78 is 48.0. The molecule has 1 aromatic carbocycles. The summed E-state index contributed by atoms with van der Waals surface area (Å²) in [6, 6.07) is 9.20. The normalized spacial score (nSPS) is 17.4. The number of alkyl halides is 3. The van der Waals surface area contributed by atoms with E-state index in [1.54, 1.807) is 6.07 Å². The average Bonchev–Trinajstić information content (AvgIpc) is 3.08. The quantitative estimate of drug-likeness (QED) is 0.487. The Bertz CT molecular complexity index is 1050. The molecule has 2 N–H and O–H groups in total. The molecule has 2 atom stereocenters. The number of carbonyl (C=O) groups excluding carboxylic acids is 2. The molecular formula is C22H22F3N3O3S. The van der Waals surface area contributed by atoms with Gasteiger partial charge in [-0.05, 0) is 49.8 Å². The standard InChI is InChI=1S/C22H22F3N3O3S/c1-3-31-20(30)21(22(23,24)25,27-18(29)14-7-5-4-6-8-14)28-19-16(12-26)15-10-9-13(2)11-17(15)32-19/h4-8,13,28H,3,9-11H2,1-2H3,(H,27,29)/t13-,21-/m0/s1. The van der Waals surface area contributed by atoms with Gasteiger partial charge in [-0.25, -0.2) is 4.79 Å². The minimum atomic E-state index is -5.27. The minimum Gasteiger partial charge on any atom is -0.463 e. The molecule has 1 aromatic heterocycles. The molecule has 6 nitrogen and oxygen atoms in total. The van der Waals surface area contributed by atoms with E-state index in [0.717, 1.165) is 22.6 Å².